The van der Waals surface area contributed by atoms with Crippen molar-refractivity contribution in [3.63, 3.8) is 0 Å². The Labute approximate surface area is 263 Å². The molecular weight excluding hydrogens is 572 g/mol. The standard InChI is InChI=1S/C34H40N6O3S/c1-7-33(3,4)23-15-17-28(27(19-23)34(5,6)8-2)43-21-30(41)35-24-16-14-22-18-29(31(37-42)26(22)20-24)44-32-36-38-39-40(32)25-12-10-9-11-13-25/h9-17,19-20,29,42H,7-8,18,21H2,1-6H3,(H,35,41). The highest BCUT2D eigenvalue weighted by atomic mass is 32.2. The zero-order chi connectivity index (χ0) is 31.5. The number of carbonyl (C=O) groups is 1. The van der Waals surface area contributed by atoms with Crippen LogP contribution in [-0.2, 0) is 22.0 Å². The first kappa shape index (κ1) is 31.3. The van der Waals surface area contributed by atoms with Crippen LogP contribution < -0.4 is 10.1 Å². The lowest BCUT2D eigenvalue weighted by Crippen LogP contribution is -2.24. The third-order valence-corrected chi connectivity index (χ3v) is 9.93. The lowest BCUT2D eigenvalue weighted by atomic mass is 9.76. The number of oxime groups is 1. The van der Waals surface area contributed by atoms with Crippen LogP contribution >= 0.6 is 11.8 Å². The fourth-order valence-corrected chi connectivity index (χ4v) is 6.34. The molecule has 5 rings (SSSR count). The number of rotatable bonds is 11. The van der Waals surface area contributed by atoms with Crippen LogP contribution in [0.2, 0.25) is 0 Å². The van der Waals surface area contributed by atoms with Crippen LogP contribution in [0.4, 0.5) is 5.69 Å². The van der Waals surface area contributed by atoms with Gasteiger partial charge in [0, 0.05) is 16.8 Å². The summed E-state index contributed by atoms with van der Waals surface area (Å²) in [6.07, 6.45) is 2.60. The van der Waals surface area contributed by atoms with Gasteiger partial charge < -0.3 is 15.3 Å². The van der Waals surface area contributed by atoms with Crippen LogP contribution in [-0.4, -0.2) is 48.9 Å². The molecule has 10 heteroatoms. The number of ether oxygens (including phenoxy) is 1. The van der Waals surface area contributed by atoms with Crippen molar-refractivity contribution in [2.45, 2.75) is 82.0 Å². The normalized spacial score (nSPS) is 15.8. The summed E-state index contributed by atoms with van der Waals surface area (Å²) in [4.78, 5) is 13.0. The molecule has 1 atom stereocenters. The van der Waals surface area contributed by atoms with E-state index in [1.165, 1.54) is 17.3 Å². The molecule has 1 amide bonds. The van der Waals surface area contributed by atoms with Crippen molar-refractivity contribution >= 4 is 29.1 Å². The second-order valence-corrected chi connectivity index (χ2v) is 13.6. The minimum atomic E-state index is -0.267. The Kier molecular flexibility index (Phi) is 9.10. The van der Waals surface area contributed by atoms with Gasteiger partial charge in [-0.25, -0.2) is 0 Å². The number of anilines is 1. The zero-order valence-electron chi connectivity index (χ0n) is 26.2. The lowest BCUT2D eigenvalue weighted by molar-refractivity contribution is -0.118. The number of aromatic nitrogens is 4. The number of para-hydroxylation sites is 1. The first-order valence-electron chi connectivity index (χ1n) is 15.0. The number of fused-ring (bicyclic) bond motifs is 1. The summed E-state index contributed by atoms with van der Waals surface area (Å²) in [5.74, 6) is 0.459. The molecule has 1 aromatic heterocycles. The maximum absolute atomic E-state index is 13.0. The number of tetrazole rings is 1. The molecule has 9 nitrogen and oxygen atoms in total. The van der Waals surface area contributed by atoms with E-state index < -0.39 is 0 Å². The second kappa shape index (κ2) is 12.8. The molecule has 0 saturated heterocycles. The molecule has 230 valence electrons. The third-order valence-electron chi connectivity index (χ3n) is 8.79. The summed E-state index contributed by atoms with van der Waals surface area (Å²) < 4.78 is 7.79. The molecule has 1 aliphatic carbocycles. The van der Waals surface area contributed by atoms with Gasteiger partial charge in [0.15, 0.2) is 6.61 Å². The number of amides is 1. The van der Waals surface area contributed by atoms with E-state index >= 15 is 0 Å². The van der Waals surface area contributed by atoms with Gasteiger partial charge in [-0.2, -0.15) is 4.68 Å². The van der Waals surface area contributed by atoms with Gasteiger partial charge in [-0.05, 0) is 82.0 Å². The quantitative estimate of drug-likeness (QED) is 0.139. The molecule has 1 aliphatic rings. The van der Waals surface area contributed by atoms with Crippen molar-refractivity contribution in [1.29, 1.82) is 0 Å². The van der Waals surface area contributed by atoms with E-state index in [9.17, 15) is 10.0 Å². The molecular formula is C34H40N6O3S. The van der Waals surface area contributed by atoms with Gasteiger partial charge in [0.1, 0.15) is 11.5 Å². The zero-order valence-corrected chi connectivity index (χ0v) is 27.0. The predicted molar refractivity (Wildman–Crippen MR) is 174 cm³/mol. The minimum Gasteiger partial charge on any atom is -0.483 e. The van der Waals surface area contributed by atoms with Gasteiger partial charge in [-0.1, -0.05) is 94.9 Å². The number of nitrogens with zero attached hydrogens (tertiary/aromatic N) is 5. The first-order valence-corrected chi connectivity index (χ1v) is 15.9. The average molecular weight is 613 g/mol. The molecule has 1 heterocycles. The molecule has 1 unspecified atom stereocenters. The Balaban J connectivity index is 1.28. The summed E-state index contributed by atoms with van der Waals surface area (Å²) in [5.41, 5.74) is 6.08. The number of hydrogen-bond donors (Lipinski definition) is 2. The van der Waals surface area contributed by atoms with Crippen LogP contribution in [0, 0.1) is 0 Å². The monoisotopic (exact) mass is 612 g/mol. The Morgan fingerprint density at radius 3 is 2.50 bits per heavy atom. The SMILES string of the molecule is CCC(C)(C)c1ccc(OCC(=O)Nc2ccc3c(c2)C(=NO)C(Sc2nnnn2-c2ccccc2)C3)c(C(C)(C)CC)c1. The van der Waals surface area contributed by atoms with E-state index in [0.717, 1.165) is 41.0 Å². The van der Waals surface area contributed by atoms with Crippen LogP contribution in [0.5, 0.6) is 5.75 Å². The van der Waals surface area contributed by atoms with E-state index in [1.807, 2.05) is 54.6 Å². The highest BCUT2D eigenvalue weighted by Crippen LogP contribution is 2.39. The van der Waals surface area contributed by atoms with Crippen molar-refractivity contribution in [2.24, 2.45) is 5.16 Å². The minimum absolute atomic E-state index is 0.0484. The van der Waals surface area contributed by atoms with Gasteiger partial charge in [0.05, 0.1) is 10.9 Å². The fraction of sp³-hybridized carbons (Fsp3) is 0.382. The van der Waals surface area contributed by atoms with Crippen molar-refractivity contribution in [3.05, 3.63) is 89.0 Å². The Morgan fingerprint density at radius 1 is 1.05 bits per heavy atom. The van der Waals surface area contributed by atoms with Crippen molar-refractivity contribution < 1.29 is 14.7 Å². The fourth-order valence-electron chi connectivity index (χ4n) is 5.21. The predicted octanol–water partition coefficient (Wildman–Crippen LogP) is 6.95. The Hall–Kier alpha value is -4.18. The average Bonchev–Trinajstić information content (AvgIpc) is 3.64. The smallest absolute Gasteiger partial charge is 0.262 e. The summed E-state index contributed by atoms with van der Waals surface area (Å²) in [6.45, 7) is 13.1. The molecule has 0 bridgehead atoms. The van der Waals surface area contributed by atoms with E-state index in [-0.39, 0.29) is 28.6 Å². The highest BCUT2D eigenvalue weighted by Gasteiger charge is 2.32. The van der Waals surface area contributed by atoms with Gasteiger partial charge in [0.25, 0.3) is 5.91 Å². The van der Waals surface area contributed by atoms with Crippen molar-refractivity contribution in [3.8, 4) is 11.4 Å². The topological polar surface area (TPSA) is 115 Å². The lowest BCUT2D eigenvalue weighted by Gasteiger charge is -2.30. The number of carbonyl (C=O) groups excluding carboxylic acids is 1. The van der Waals surface area contributed by atoms with Gasteiger partial charge in [-0.3, -0.25) is 4.79 Å². The van der Waals surface area contributed by atoms with Crippen LogP contribution in [0.1, 0.15) is 76.6 Å². The number of hydrogen-bond acceptors (Lipinski definition) is 8. The Bertz CT molecular complexity index is 1660. The van der Waals surface area contributed by atoms with Crippen molar-refractivity contribution in [2.75, 3.05) is 11.9 Å². The first-order chi connectivity index (χ1) is 21.1. The van der Waals surface area contributed by atoms with Crippen LogP contribution in [0.3, 0.4) is 0 Å². The molecule has 3 aromatic carbocycles. The molecule has 2 N–H and O–H groups in total. The van der Waals surface area contributed by atoms with E-state index in [4.69, 9.17) is 4.74 Å². The number of benzene rings is 3. The van der Waals surface area contributed by atoms with Gasteiger partial charge in [-0.15, -0.1) is 5.10 Å². The second-order valence-electron chi connectivity index (χ2n) is 12.4. The molecule has 0 aliphatic heterocycles. The highest BCUT2D eigenvalue weighted by molar-refractivity contribution is 8.00. The summed E-state index contributed by atoms with van der Waals surface area (Å²) in [6, 6.07) is 21.6. The number of nitrogens with one attached hydrogen (secondary N) is 1. The molecule has 0 radical (unpaired) electrons. The molecule has 0 fully saturated rings. The van der Waals surface area contributed by atoms with Gasteiger partial charge in [0.2, 0.25) is 5.16 Å². The van der Waals surface area contributed by atoms with Crippen LogP contribution in [0.25, 0.3) is 5.69 Å². The molecule has 44 heavy (non-hydrogen) atoms. The molecule has 0 saturated carbocycles. The van der Waals surface area contributed by atoms with Crippen molar-refractivity contribution in [1.82, 2.24) is 20.2 Å². The third kappa shape index (κ3) is 6.50. The van der Waals surface area contributed by atoms with E-state index in [0.29, 0.717) is 23.0 Å². The Morgan fingerprint density at radius 2 is 1.80 bits per heavy atom. The maximum Gasteiger partial charge on any atom is 0.262 e. The number of thioether (sulfide) groups is 1. The van der Waals surface area contributed by atoms with Crippen LogP contribution in [0.15, 0.2) is 77.0 Å². The summed E-state index contributed by atoms with van der Waals surface area (Å²) in [7, 11) is 0. The van der Waals surface area contributed by atoms with Gasteiger partial charge >= 0.3 is 0 Å². The summed E-state index contributed by atoms with van der Waals surface area (Å²) >= 11 is 1.43. The largest absolute Gasteiger partial charge is 0.483 e. The molecule has 4 aromatic rings. The summed E-state index contributed by atoms with van der Waals surface area (Å²) in [5, 5.41) is 29.2. The van der Waals surface area contributed by atoms with E-state index in [1.54, 1.807) is 4.68 Å². The van der Waals surface area contributed by atoms with E-state index in [2.05, 4.69) is 79.7 Å². The maximum atomic E-state index is 13.0. The molecule has 0 spiro atoms.